The molecule has 3 N–H and O–H groups in total. The molecule has 1 aromatic heterocycles. The van der Waals surface area contributed by atoms with Crippen LogP contribution in [-0.2, 0) is 0 Å². The fourth-order valence-corrected chi connectivity index (χ4v) is 5.41. The molecular weight excluding hydrogens is 410 g/mol. The Bertz CT molecular complexity index is 914. The summed E-state index contributed by atoms with van der Waals surface area (Å²) in [5.41, 5.74) is 7.48. The largest absolute Gasteiger partial charge is 0.357 e. The number of nitrogens with two attached hydrogens (primary N) is 1. The number of carbonyl (C=O) groups excluding carboxylic acids is 1. The number of amides is 1. The van der Waals surface area contributed by atoms with Gasteiger partial charge in [0.25, 0.3) is 5.91 Å². The van der Waals surface area contributed by atoms with Crippen molar-refractivity contribution in [3.8, 4) is 0 Å². The van der Waals surface area contributed by atoms with Gasteiger partial charge in [0.1, 0.15) is 5.82 Å². The molecule has 0 radical (unpaired) electrons. The summed E-state index contributed by atoms with van der Waals surface area (Å²) in [6, 6.07) is 10.0. The van der Waals surface area contributed by atoms with Crippen LogP contribution in [0.3, 0.4) is 0 Å². The van der Waals surface area contributed by atoms with Crippen molar-refractivity contribution in [2.75, 3.05) is 51.7 Å². The van der Waals surface area contributed by atoms with Crippen LogP contribution < -0.4 is 16.0 Å². The van der Waals surface area contributed by atoms with Crippen LogP contribution in [0.15, 0.2) is 30.3 Å². The number of aromatic nitrogens is 1. The van der Waals surface area contributed by atoms with Gasteiger partial charge >= 0.3 is 0 Å². The first-order chi connectivity index (χ1) is 16.0. The highest BCUT2D eigenvalue weighted by atomic mass is 16.1. The van der Waals surface area contributed by atoms with Gasteiger partial charge in [-0.25, -0.2) is 4.98 Å². The molecule has 2 fully saturated rings. The van der Waals surface area contributed by atoms with Gasteiger partial charge in [-0.2, -0.15) is 0 Å². The monoisotopic (exact) mass is 451 g/mol. The van der Waals surface area contributed by atoms with Gasteiger partial charge in [0.15, 0.2) is 0 Å². The molecule has 1 saturated heterocycles. The van der Waals surface area contributed by atoms with Crippen LogP contribution >= 0.6 is 0 Å². The minimum Gasteiger partial charge on any atom is -0.357 e. The van der Waals surface area contributed by atoms with Crippen molar-refractivity contribution in [3.05, 3.63) is 35.9 Å². The average Bonchev–Trinajstić information content (AvgIpc) is 2.86. The lowest BCUT2D eigenvalue weighted by molar-refractivity contribution is 0.0943. The second-order valence-corrected chi connectivity index (χ2v) is 10.4. The van der Waals surface area contributed by atoms with Gasteiger partial charge in [0.2, 0.25) is 0 Å². The van der Waals surface area contributed by atoms with Crippen LogP contribution in [0, 0.1) is 17.8 Å². The number of piperidine rings is 1. The maximum absolute atomic E-state index is 13.3. The highest BCUT2D eigenvalue weighted by Crippen LogP contribution is 2.29. The van der Waals surface area contributed by atoms with Gasteiger partial charge in [-0.15, -0.1) is 0 Å². The van der Waals surface area contributed by atoms with Crippen molar-refractivity contribution in [2.24, 2.45) is 23.5 Å². The lowest BCUT2D eigenvalue weighted by atomic mass is 9.82. The van der Waals surface area contributed by atoms with E-state index in [-0.39, 0.29) is 5.91 Å². The summed E-state index contributed by atoms with van der Waals surface area (Å²) < 4.78 is 0. The lowest BCUT2D eigenvalue weighted by Crippen LogP contribution is -2.36. The summed E-state index contributed by atoms with van der Waals surface area (Å²) in [7, 11) is 4.29. The molecule has 1 aliphatic carbocycles. The third-order valence-corrected chi connectivity index (χ3v) is 7.72. The quantitative estimate of drug-likeness (QED) is 0.637. The Morgan fingerprint density at radius 1 is 1.06 bits per heavy atom. The zero-order chi connectivity index (χ0) is 23.2. The minimum atomic E-state index is 0.0247. The molecule has 1 aromatic carbocycles. The molecule has 6 nitrogen and oxygen atoms in total. The van der Waals surface area contributed by atoms with E-state index in [1.54, 1.807) is 0 Å². The molecule has 1 amide bonds. The molecule has 0 bridgehead atoms. The zero-order valence-electron chi connectivity index (χ0n) is 20.4. The standard InChI is InChI=1S/C27H41N5O/c1-31(2)14-11-20-12-15-32(16-13-20)26-17-24(23-5-3-4-6-25(23)30-26)27(33)29-19-22-9-7-21(18-28)8-10-22/h3-6,17,20-22H,7-16,18-19,28H2,1-2H3,(H,29,33)/t21-,22-. The molecule has 6 heteroatoms. The SMILES string of the molecule is CN(C)CCC1CCN(c2cc(C(=O)NC[C@H]3CC[C@H](CN)CC3)c3ccccc3n2)CC1. The summed E-state index contributed by atoms with van der Waals surface area (Å²) in [6.07, 6.45) is 8.33. The Balaban J connectivity index is 1.43. The predicted molar refractivity (Wildman–Crippen MR) is 137 cm³/mol. The Hall–Kier alpha value is -2.18. The molecule has 1 aliphatic heterocycles. The third kappa shape index (κ3) is 6.24. The normalized spacial score (nSPS) is 22.1. The molecule has 1 saturated carbocycles. The third-order valence-electron chi connectivity index (χ3n) is 7.72. The summed E-state index contributed by atoms with van der Waals surface area (Å²) >= 11 is 0. The van der Waals surface area contributed by atoms with Gasteiger partial charge < -0.3 is 20.9 Å². The molecule has 0 atom stereocenters. The first-order valence-corrected chi connectivity index (χ1v) is 12.8. The second-order valence-electron chi connectivity index (χ2n) is 10.4. The molecule has 180 valence electrons. The van der Waals surface area contributed by atoms with Gasteiger partial charge in [-0.3, -0.25) is 4.79 Å². The number of benzene rings is 1. The minimum absolute atomic E-state index is 0.0247. The van der Waals surface area contributed by atoms with Crippen molar-refractivity contribution in [3.63, 3.8) is 0 Å². The number of hydrogen-bond acceptors (Lipinski definition) is 5. The van der Waals surface area contributed by atoms with Crippen LogP contribution in [0.4, 0.5) is 5.82 Å². The molecule has 2 aliphatic rings. The van der Waals surface area contributed by atoms with Crippen LogP contribution in [0.2, 0.25) is 0 Å². The van der Waals surface area contributed by atoms with Crippen molar-refractivity contribution in [1.29, 1.82) is 0 Å². The van der Waals surface area contributed by atoms with Crippen LogP contribution in [0.1, 0.15) is 55.3 Å². The summed E-state index contributed by atoms with van der Waals surface area (Å²) in [4.78, 5) is 22.8. The molecular formula is C27H41N5O. The van der Waals surface area contributed by atoms with Crippen molar-refractivity contribution in [1.82, 2.24) is 15.2 Å². The topological polar surface area (TPSA) is 74.5 Å². The number of hydrogen-bond donors (Lipinski definition) is 2. The van der Waals surface area contributed by atoms with Gasteiger partial charge in [-0.1, -0.05) is 18.2 Å². The number of carbonyl (C=O) groups is 1. The van der Waals surface area contributed by atoms with E-state index in [0.29, 0.717) is 11.8 Å². The molecule has 4 rings (SSSR count). The number of pyridine rings is 1. The van der Waals surface area contributed by atoms with Gasteiger partial charge in [0, 0.05) is 25.0 Å². The van der Waals surface area contributed by atoms with E-state index in [9.17, 15) is 4.79 Å². The van der Waals surface area contributed by atoms with Gasteiger partial charge in [-0.05, 0) is 102 Å². The van der Waals surface area contributed by atoms with E-state index in [1.165, 1.54) is 32.1 Å². The van der Waals surface area contributed by atoms with E-state index in [0.717, 1.165) is 73.8 Å². The predicted octanol–water partition coefficient (Wildman–Crippen LogP) is 3.90. The van der Waals surface area contributed by atoms with Crippen LogP contribution in [0.5, 0.6) is 0 Å². The first kappa shape index (κ1) is 24.0. The molecule has 0 unspecified atom stereocenters. The van der Waals surface area contributed by atoms with Crippen LogP contribution in [0.25, 0.3) is 10.9 Å². The Kier molecular flexibility index (Phi) is 8.20. The van der Waals surface area contributed by atoms with Gasteiger partial charge in [0.05, 0.1) is 11.1 Å². The second kappa shape index (κ2) is 11.3. The number of fused-ring (bicyclic) bond motifs is 1. The Labute approximate surface area is 198 Å². The smallest absolute Gasteiger partial charge is 0.252 e. The first-order valence-electron chi connectivity index (χ1n) is 12.8. The Morgan fingerprint density at radius 2 is 1.76 bits per heavy atom. The maximum Gasteiger partial charge on any atom is 0.252 e. The fourth-order valence-electron chi connectivity index (χ4n) is 5.41. The highest BCUT2D eigenvalue weighted by molar-refractivity contribution is 6.07. The number of nitrogens with zero attached hydrogens (tertiary/aromatic N) is 3. The highest BCUT2D eigenvalue weighted by Gasteiger charge is 2.24. The van der Waals surface area contributed by atoms with E-state index < -0.39 is 0 Å². The fraction of sp³-hybridized carbons (Fsp3) is 0.630. The molecule has 2 aromatic rings. The van der Waals surface area contributed by atoms with E-state index >= 15 is 0 Å². The number of para-hydroxylation sites is 1. The Morgan fingerprint density at radius 3 is 2.45 bits per heavy atom. The number of anilines is 1. The average molecular weight is 452 g/mol. The van der Waals surface area contributed by atoms with Crippen molar-refractivity contribution < 1.29 is 4.79 Å². The van der Waals surface area contributed by atoms with E-state index in [2.05, 4.69) is 29.2 Å². The molecule has 0 spiro atoms. The van der Waals surface area contributed by atoms with E-state index in [4.69, 9.17) is 10.7 Å². The zero-order valence-corrected chi connectivity index (χ0v) is 20.4. The summed E-state index contributed by atoms with van der Waals surface area (Å²) in [5, 5.41) is 4.17. The van der Waals surface area contributed by atoms with E-state index in [1.807, 2.05) is 30.3 Å². The summed E-state index contributed by atoms with van der Waals surface area (Å²) in [6.45, 7) is 4.71. The van der Waals surface area contributed by atoms with Crippen molar-refractivity contribution in [2.45, 2.75) is 44.9 Å². The van der Waals surface area contributed by atoms with Crippen molar-refractivity contribution >= 4 is 22.6 Å². The lowest BCUT2D eigenvalue weighted by Gasteiger charge is -2.33. The maximum atomic E-state index is 13.3. The molecule has 33 heavy (non-hydrogen) atoms. The molecule has 2 heterocycles. The number of rotatable bonds is 8. The summed E-state index contributed by atoms with van der Waals surface area (Å²) in [5.74, 6) is 2.97. The number of nitrogens with one attached hydrogen (secondary N) is 1. The van der Waals surface area contributed by atoms with Crippen LogP contribution in [-0.4, -0.2) is 62.6 Å².